The van der Waals surface area contributed by atoms with E-state index in [0.29, 0.717) is 16.6 Å². The highest BCUT2D eigenvalue weighted by molar-refractivity contribution is 5.95. The first-order chi connectivity index (χ1) is 6.72. The summed E-state index contributed by atoms with van der Waals surface area (Å²) in [5.74, 6) is -0.0161. The van der Waals surface area contributed by atoms with Gasteiger partial charge in [0.25, 0.3) is 0 Å². The van der Waals surface area contributed by atoms with Crippen molar-refractivity contribution in [2.45, 2.75) is 6.92 Å². The Hall–Kier alpha value is -2.15. The monoisotopic (exact) mass is 185 g/mol. The largest absolute Gasteiger partial charge is 0.295 e. The van der Waals surface area contributed by atoms with Gasteiger partial charge in [0.05, 0.1) is 17.3 Å². The molecule has 4 nitrogen and oxygen atoms in total. The standard InChI is InChI=1S/C10H7N3O/c1-7(14)8-2-3-13-10(4-8)9(5-11)6-12-13/h2-4,6H,1H3. The third kappa shape index (κ3) is 1.15. The molecule has 0 amide bonds. The van der Waals surface area contributed by atoms with Gasteiger partial charge in [-0.15, -0.1) is 0 Å². The van der Waals surface area contributed by atoms with Crippen LogP contribution in [0.2, 0.25) is 0 Å². The van der Waals surface area contributed by atoms with Gasteiger partial charge in [-0.2, -0.15) is 10.4 Å². The summed E-state index contributed by atoms with van der Waals surface area (Å²) in [6, 6.07) is 5.38. The number of rotatable bonds is 1. The maximum atomic E-state index is 11.1. The lowest BCUT2D eigenvalue weighted by Crippen LogP contribution is -1.94. The summed E-state index contributed by atoms with van der Waals surface area (Å²) < 4.78 is 1.57. The number of pyridine rings is 1. The molecule has 68 valence electrons. The van der Waals surface area contributed by atoms with Gasteiger partial charge >= 0.3 is 0 Å². The van der Waals surface area contributed by atoms with E-state index in [0.717, 1.165) is 0 Å². The number of carbonyl (C=O) groups excluding carboxylic acids is 1. The van der Waals surface area contributed by atoms with E-state index in [1.165, 1.54) is 13.1 Å². The van der Waals surface area contributed by atoms with E-state index in [9.17, 15) is 4.79 Å². The van der Waals surface area contributed by atoms with Gasteiger partial charge in [-0.3, -0.25) is 4.79 Å². The van der Waals surface area contributed by atoms with E-state index in [1.807, 2.05) is 6.07 Å². The van der Waals surface area contributed by atoms with Crippen molar-refractivity contribution in [3.05, 3.63) is 35.7 Å². The molecule has 0 bridgehead atoms. The number of fused-ring (bicyclic) bond motifs is 1. The van der Waals surface area contributed by atoms with Crippen LogP contribution in [0.15, 0.2) is 24.5 Å². The van der Waals surface area contributed by atoms with Crippen molar-refractivity contribution in [1.82, 2.24) is 9.61 Å². The number of aromatic nitrogens is 2. The first kappa shape index (κ1) is 8.45. The fourth-order valence-corrected chi connectivity index (χ4v) is 1.29. The number of nitriles is 1. The van der Waals surface area contributed by atoms with E-state index in [1.54, 1.807) is 22.8 Å². The Morgan fingerprint density at radius 1 is 1.64 bits per heavy atom. The van der Waals surface area contributed by atoms with Gasteiger partial charge in [-0.05, 0) is 19.1 Å². The molecule has 0 saturated heterocycles. The van der Waals surface area contributed by atoms with Crippen molar-refractivity contribution in [2.75, 3.05) is 0 Å². The molecule has 0 aliphatic heterocycles. The Labute approximate surface area is 80.4 Å². The molecule has 0 N–H and O–H groups in total. The molecule has 2 aromatic rings. The van der Waals surface area contributed by atoms with Crippen LogP contribution in [0.5, 0.6) is 0 Å². The van der Waals surface area contributed by atoms with Crippen molar-refractivity contribution >= 4 is 11.3 Å². The maximum Gasteiger partial charge on any atom is 0.159 e. The second kappa shape index (κ2) is 2.96. The van der Waals surface area contributed by atoms with Gasteiger partial charge < -0.3 is 0 Å². The van der Waals surface area contributed by atoms with E-state index >= 15 is 0 Å². The fourth-order valence-electron chi connectivity index (χ4n) is 1.29. The zero-order chi connectivity index (χ0) is 10.1. The topological polar surface area (TPSA) is 58.2 Å². The summed E-state index contributed by atoms with van der Waals surface area (Å²) in [7, 11) is 0. The average Bonchev–Trinajstić information content (AvgIpc) is 2.59. The van der Waals surface area contributed by atoms with E-state index in [4.69, 9.17) is 5.26 Å². The van der Waals surface area contributed by atoms with Crippen LogP contribution in [0, 0.1) is 11.3 Å². The van der Waals surface area contributed by atoms with Crippen LogP contribution in [0.1, 0.15) is 22.8 Å². The zero-order valence-electron chi connectivity index (χ0n) is 7.56. The predicted octanol–water partition coefficient (Wildman–Crippen LogP) is 1.41. The normalized spacial score (nSPS) is 10.0. The molecular formula is C10H7N3O. The van der Waals surface area contributed by atoms with Crippen LogP contribution in [-0.4, -0.2) is 15.4 Å². The van der Waals surface area contributed by atoms with Gasteiger partial charge in [-0.25, -0.2) is 4.52 Å². The number of Topliss-reactive ketones (excluding diaryl/α,β-unsaturated/α-hetero) is 1. The molecule has 0 aromatic carbocycles. The number of ketones is 1. The van der Waals surface area contributed by atoms with Gasteiger partial charge in [0.1, 0.15) is 6.07 Å². The molecule has 0 aliphatic rings. The van der Waals surface area contributed by atoms with E-state index in [2.05, 4.69) is 5.10 Å². The lowest BCUT2D eigenvalue weighted by molar-refractivity contribution is 0.101. The van der Waals surface area contributed by atoms with Crippen molar-refractivity contribution < 1.29 is 4.79 Å². The second-order valence-corrected chi connectivity index (χ2v) is 2.97. The molecule has 0 aliphatic carbocycles. The summed E-state index contributed by atoms with van der Waals surface area (Å²) in [5.41, 5.74) is 1.74. The predicted molar refractivity (Wildman–Crippen MR) is 49.9 cm³/mol. The van der Waals surface area contributed by atoms with Crippen molar-refractivity contribution in [3.8, 4) is 6.07 Å². The van der Waals surface area contributed by atoms with E-state index < -0.39 is 0 Å². The Balaban J connectivity index is 2.75. The molecule has 14 heavy (non-hydrogen) atoms. The van der Waals surface area contributed by atoms with Crippen molar-refractivity contribution in [2.24, 2.45) is 0 Å². The lowest BCUT2D eigenvalue weighted by atomic mass is 10.1. The van der Waals surface area contributed by atoms with Crippen LogP contribution >= 0.6 is 0 Å². The van der Waals surface area contributed by atoms with Crippen molar-refractivity contribution in [3.63, 3.8) is 0 Å². The Bertz CT molecular complexity index is 548. The minimum Gasteiger partial charge on any atom is -0.295 e. The van der Waals surface area contributed by atoms with Gasteiger partial charge in [-0.1, -0.05) is 0 Å². The van der Waals surface area contributed by atoms with Gasteiger partial charge in [0.15, 0.2) is 5.78 Å². The molecule has 2 rings (SSSR count). The van der Waals surface area contributed by atoms with Crippen LogP contribution < -0.4 is 0 Å². The van der Waals surface area contributed by atoms with Crippen LogP contribution in [0.3, 0.4) is 0 Å². The minimum atomic E-state index is -0.0161. The summed E-state index contributed by atoms with van der Waals surface area (Å²) in [6.45, 7) is 1.49. The molecule has 0 fully saturated rings. The van der Waals surface area contributed by atoms with Crippen LogP contribution in [0.25, 0.3) is 5.52 Å². The Morgan fingerprint density at radius 3 is 3.07 bits per heavy atom. The molecule has 0 radical (unpaired) electrons. The quantitative estimate of drug-likeness (QED) is 0.631. The average molecular weight is 185 g/mol. The second-order valence-electron chi connectivity index (χ2n) is 2.97. The van der Waals surface area contributed by atoms with E-state index in [-0.39, 0.29) is 5.78 Å². The highest BCUT2D eigenvalue weighted by Crippen LogP contribution is 2.11. The lowest BCUT2D eigenvalue weighted by Gasteiger charge is -1.96. The zero-order valence-corrected chi connectivity index (χ0v) is 7.56. The summed E-state index contributed by atoms with van der Waals surface area (Å²) >= 11 is 0. The maximum absolute atomic E-state index is 11.1. The third-order valence-electron chi connectivity index (χ3n) is 2.05. The first-order valence-corrected chi connectivity index (χ1v) is 4.11. The molecule has 0 unspecified atom stereocenters. The number of carbonyl (C=O) groups is 1. The summed E-state index contributed by atoms with van der Waals surface area (Å²) in [5, 5.41) is 12.7. The Morgan fingerprint density at radius 2 is 2.43 bits per heavy atom. The minimum absolute atomic E-state index is 0.0161. The van der Waals surface area contributed by atoms with Gasteiger partial charge in [0, 0.05) is 11.8 Å². The number of hydrogen-bond donors (Lipinski definition) is 0. The SMILES string of the molecule is CC(=O)c1ccn2ncc(C#N)c2c1. The smallest absolute Gasteiger partial charge is 0.159 e. The highest BCUT2D eigenvalue weighted by atomic mass is 16.1. The highest BCUT2D eigenvalue weighted by Gasteiger charge is 2.05. The first-order valence-electron chi connectivity index (χ1n) is 4.11. The summed E-state index contributed by atoms with van der Waals surface area (Å²) in [4.78, 5) is 11.1. The third-order valence-corrected chi connectivity index (χ3v) is 2.05. The molecule has 2 aromatic heterocycles. The van der Waals surface area contributed by atoms with Gasteiger partial charge in [0.2, 0.25) is 0 Å². The summed E-state index contributed by atoms with van der Waals surface area (Å²) in [6.07, 6.45) is 3.16. The number of hydrogen-bond acceptors (Lipinski definition) is 3. The molecule has 0 saturated carbocycles. The fraction of sp³-hybridized carbons (Fsp3) is 0.100. The Kier molecular flexibility index (Phi) is 1.79. The molecular weight excluding hydrogens is 178 g/mol. The van der Waals surface area contributed by atoms with Crippen LogP contribution in [-0.2, 0) is 0 Å². The molecule has 2 heterocycles. The number of nitrogens with zero attached hydrogens (tertiary/aromatic N) is 3. The molecule has 0 spiro atoms. The van der Waals surface area contributed by atoms with Crippen LogP contribution in [0.4, 0.5) is 0 Å². The van der Waals surface area contributed by atoms with Crippen molar-refractivity contribution in [1.29, 1.82) is 5.26 Å². The molecule has 4 heteroatoms. The molecule has 0 atom stereocenters.